The van der Waals surface area contributed by atoms with Crippen molar-refractivity contribution in [3.05, 3.63) is 47.4 Å². The summed E-state index contributed by atoms with van der Waals surface area (Å²) in [6.45, 7) is 11.3. The molecule has 0 bridgehead atoms. The number of cyclic esters (lactones) is 1. The van der Waals surface area contributed by atoms with Crippen LogP contribution in [0.1, 0.15) is 81.9 Å². The lowest BCUT2D eigenvalue weighted by Crippen LogP contribution is -2.32. The van der Waals surface area contributed by atoms with Crippen molar-refractivity contribution in [1.29, 1.82) is 0 Å². The normalized spacial score (nSPS) is 20.5. The highest BCUT2D eigenvalue weighted by Crippen LogP contribution is 2.35. The minimum atomic E-state index is -3.18. The summed E-state index contributed by atoms with van der Waals surface area (Å²) in [6, 6.07) is 5.32. The van der Waals surface area contributed by atoms with Gasteiger partial charge in [0.05, 0.1) is 28.0 Å². The van der Waals surface area contributed by atoms with Crippen LogP contribution in [0.25, 0.3) is 10.8 Å². The first-order valence-corrected chi connectivity index (χ1v) is 15.1. The van der Waals surface area contributed by atoms with E-state index >= 15 is 0 Å². The van der Waals surface area contributed by atoms with E-state index in [0.717, 1.165) is 10.9 Å². The van der Waals surface area contributed by atoms with E-state index in [2.05, 4.69) is 15.3 Å². The number of aromatic nitrogens is 3. The van der Waals surface area contributed by atoms with E-state index in [0.29, 0.717) is 47.0 Å². The van der Waals surface area contributed by atoms with Crippen molar-refractivity contribution >= 4 is 38.2 Å². The summed E-state index contributed by atoms with van der Waals surface area (Å²) < 4.78 is 35.3. The monoisotopic (exact) mass is 555 g/mol. The molecule has 0 aromatic carbocycles. The van der Waals surface area contributed by atoms with E-state index in [-0.39, 0.29) is 24.1 Å². The maximum atomic E-state index is 12.3. The van der Waals surface area contributed by atoms with Crippen LogP contribution in [0.5, 0.6) is 5.88 Å². The average Bonchev–Trinajstić information content (AvgIpc) is 2.86. The Morgan fingerprint density at radius 2 is 1.87 bits per heavy atom. The third kappa shape index (κ3) is 5.99. The number of rotatable bonds is 9. The van der Waals surface area contributed by atoms with Gasteiger partial charge in [-0.05, 0) is 63.3 Å². The van der Waals surface area contributed by atoms with Gasteiger partial charge in [0.25, 0.3) is 0 Å². The van der Waals surface area contributed by atoms with E-state index in [1.165, 1.54) is 6.26 Å². The number of sulfone groups is 1. The number of nitrogens with two attached hydrogens (primary N) is 1. The molecule has 10 nitrogen and oxygen atoms in total. The van der Waals surface area contributed by atoms with Crippen LogP contribution in [0.15, 0.2) is 30.6 Å². The molecule has 39 heavy (non-hydrogen) atoms. The number of ether oxygens (including phenoxy) is 2. The van der Waals surface area contributed by atoms with Gasteiger partial charge < -0.3 is 20.5 Å². The number of nitrogens with one attached hydrogen (secondary N) is 1. The molecule has 0 aliphatic carbocycles. The van der Waals surface area contributed by atoms with Gasteiger partial charge in [0.1, 0.15) is 27.6 Å². The van der Waals surface area contributed by atoms with Crippen LogP contribution >= 0.6 is 0 Å². The fourth-order valence-electron chi connectivity index (χ4n) is 4.55. The van der Waals surface area contributed by atoms with Crippen LogP contribution in [0, 0.1) is 0 Å². The van der Waals surface area contributed by atoms with E-state index in [4.69, 9.17) is 20.2 Å². The molecule has 3 aromatic rings. The van der Waals surface area contributed by atoms with Gasteiger partial charge in [0, 0.05) is 36.5 Å². The summed E-state index contributed by atoms with van der Waals surface area (Å²) >= 11 is 0. The van der Waals surface area contributed by atoms with Crippen molar-refractivity contribution in [2.24, 2.45) is 5.73 Å². The third-order valence-corrected chi connectivity index (χ3v) is 9.28. The molecule has 0 spiro atoms. The Bertz CT molecular complexity index is 1510. The first kappa shape index (κ1) is 28.7. The SMILES string of the molecule is CC[C@@](C)(N)c1cnc(O[C@H](C)C[C@@H](C)S(C)(=O)=O)c2cnc(Nc3ccc4c(n3)[C@@H](C)[C@H](C)OC4=O)cc12. The Kier molecular flexibility index (Phi) is 7.86. The number of carbonyl (C=O) groups is 1. The molecule has 4 heterocycles. The van der Waals surface area contributed by atoms with Gasteiger partial charge in [-0.1, -0.05) is 13.8 Å². The third-order valence-electron chi connectivity index (χ3n) is 7.62. The number of hydrogen-bond acceptors (Lipinski definition) is 10. The number of carbonyl (C=O) groups excluding carboxylic acids is 1. The van der Waals surface area contributed by atoms with Gasteiger partial charge in [-0.25, -0.2) is 28.2 Å². The van der Waals surface area contributed by atoms with Crippen molar-refractivity contribution < 1.29 is 22.7 Å². The summed E-state index contributed by atoms with van der Waals surface area (Å²) in [5.74, 6) is 1.04. The molecule has 210 valence electrons. The summed E-state index contributed by atoms with van der Waals surface area (Å²) in [6.07, 6.45) is 4.96. The molecule has 0 saturated carbocycles. The van der Waals surface area contributed by atoms with Crippen LogP contribution in [0.4, 0.5) is 11.6 Å². The van der Waals surface area contributed by atoms with Gasteiger partial charge in [-0.2, -0.15) is 0 Å². The Hall–Kier alpha value is -3.31. The quantitative estimate of drug-likeness (QED) is 0.359. The van der Waals surface area contributed by atoms with Gasteiger partial charge in [-0.3, -0.25) is 0 Å². The summed E-state index contributed by atoms with van der Waals surface area (Å²) in [5.41, 5.74) is 7.97. The van der Waals surface area contributed by atoms with Crippen molar-refractivity contribution in [3.63, 3.8) is 0 Å². The second-order valence-electron chi connectivity index (χ2n) is 10.8. The number of nitrogens with zero attached hydrogens (tertiary/aromatic N) is 3. The van der Waals surface area contributed by atoms with E-state index in [9.17, 15) is 13.2 Å². The van der Waals surface area contributed by atoms with Crippen molar-refractivity contribution in [3.8, 4) is 5.88 Å². The van der Waals surface area contributed by atoms with Crippen LogP contribution in [-0.2, 0) is 20.1 Å². The molecule has 11 heteroatoms. The smallest absolute Gasteiger partial charge is 0.340 e. The Balaban J connectivity index is 1.71. The van der Waals surface area contributed by atoms with Crippen molar-refractivity contribution in [1.82, 2.24) is 15.0 Å². The molecule has 0 unspecified atom stereocenters. The van der Waals surface area contributed by atoms with Gasteiger partial charge in [0.15, 0.2) is 0 Å². The lowest BCUT2D eigenvalue weighted by atomic mass is 9.88. The highest BCUT2D eigenvalue weighted by atomic mass is 32.2. The van der Waals surface area contributed by atoms with Crippen molar-refractivity contribution in [2.45, 2.75) is 83.3 Å². The number of hydrogen-bond donors (Lipinski definition) is 2. The van der Waals surface area contributed by atoms with Gasteiger partial charge in [0.2, 0.25) is 5.88 Å². The Labute approximate surface area is 229 Å². The molecule has 0 radical (unpaired) electrons. The molecule has 3 aromatic heterocycles. The molecule has 0 amide bonds. The molecule has 3 N–H and O–H groups in total. The largest absolute Gasteiger partial charge is 0.474 e. The fourth-order valence-corrected chi connectivity index (χ4v) is 5.17. The highest BCUT2D eigenvalue weighted by molar-refractivity contribution is 7.91. The van der Waals surface area contributed by atoms with Gasteiger partial charge >= 0.3 is 5.97 Å². The topological polar surface area (TPSA) is 146 Å². The van der Waals surface area contributed by atoms with Crippen LogP contribution in [0.2, 0.25) is 0 Å². The Morgan fingerprint density at radius 1 is 1.15 bits per heavy atom. The summed E-state index contributed by atoms with van der Waals surface area (Å²) in [7, 11) is -3.18. The molecule has 5 atom stereocenters. The Morgan fingerprint density at radius 3 is 2.54 bits per heavy atom. The first-order chi connectivity index (χ1) is 18.2. The molecule has 1 aliphatic heterocycles. The lowest BCUT2D eigenvalue weighted by Gasteiger charge is -2.27. The molecular formula is C28H37N5O5S. The highest BCUT2D eigenvalue weighted by Gasteiger charge is 2.31. The van der Waals surface area contributed by atoms with E-state index < -0.39 is 20.6 Å². The molecular weight excluding hydrogens is 518 g/mol. The second kappa shape index (κ2) is 10.7. The zero-order valence-electron chi connectivity index (χ0n) is 23.5. The van der Waals surface area contributed by atoms with Crippen molar-refractivity contribution in [2.75, 3.05) is 11.6 Å². The summed E-state index contributed by atoms with van der Waals surface area (Å²) in [4.78, 5) is 26.1. The number of pyridine rings is 3. The van der Waals surface area contributed by atoms with E-state index in [1.807, 2.05) is 40.7 Å². The first-order valence-electron chi connectivity index (χ1n) is 13.1. The van der Waals surface area contributed by atoms with Crippen LogP contribution < -0.4 is 15.8 Å². The molecule has 1 aliphatic rings. The number of esters is 1. The summed E-state index contributed by atoms with van der Waals surface area (Å²) in [5, 5.41) is 4.20. The molecule has 4 rings (SSSR count). The predicted molar refractivity (Wildman–Crippen MR) is 151 cm³/mol. The maximum Gasteiger partial charge on any atom is 0.340 e. The zero-order chi connectivity index (χ0) is 28.7. The minimum Gasteiger partial charge on any atom is -0.474 e. The second-order valence-corrected chi connectivity index (χ2v) is 13.3. The molecule has 0 saturated heterocycles. The fraction of sp³-hybridized carbons (Fsp3) is 0.500. The predicted octanol–water partition coefficient (Wildman–Crippen LogP) is 4.61. The van der Waals surface area contributed by atoms with Crippen LogP contribution in [-0.4, -0.2) is 53.1 Å². The average molecular weight is 556 g/mol. The van der Waals surface area contributed by atoms with Gasteiger partial charge in [-0.15, -0.1) is 0 Å². The van der Waals surface area contributed by atoms with Crippen LogP contribution in [0.3, 0.4) is 0 Å². The zero-order valence-corrected chi connectivity index (χ0v) is 24.3. The standard InChI is InChI=1S/C28H37N5O5S/c1-8-28(6,29)22-14-31-26(37-15(2)11-16(3)39(7,35)36)21-13-30-24(12-20(21)22)32-23-10-9-19-25(33-23)17(4)18(5)38-27(19)34/h9-10,12-18H,8,11,29H2,1-7H3,(H,30,32,33)/t15-,16-,17+,18+,28-/m1/s1. The number of anilines is 2. The molecule has 0 fully saturated rings. The maximum absolute atomic E-state index is 12.3. The minimum absolute atomic E-state index is 0.0451. The van der Waals surface area contributed by atoms with E-state index in [1.54, 1.807) is 31.5 Å². The lowest BCUT2D eigenvalue weighted by molar-refractivity contribution is 0.0235. The number of fused-ring (bicyclic) bond motifs is 2.